The molecule has 10 heteroatoms. The number of fused-ring (bicyclic) bond motifs is 1. The van der Waals surface area contributed by atoms with Crippen LogP contribution in [0, 0.1) is 6.92 Å². The molecule has 1 heterocycles. The summed E-state index contributed by atoms with van der Waals surface area (Å²) < 4.78 is 33.7. The van der Waals surface area contributed by atoms with Crippen LogP contribution in [0.2, 0.25) is 10.0 Å². The zero-order chi connectivity index (χ0) is 27.8. The van der Waals surface area contributed by atoms with E-state index in [4.69, 9.17) is 27.9 Å². The van der Waals surface area contributed by atoms with Gasteiger partial charge in [0.25, 0.3) is 10.0 Å². The fraction of sp³-hybridized carbons (Fsp3) is 0.214. The van der Waals surface area contributed by atoms with E-state index < -0.39 is 33.8 Å². The van der Waals surface area contributed by atoms with Crippen molar-refractivity contribution in [3.05, 3.63) is 99.2 Å². The van der Waals surface area contributed by atoms with Crippen LogP contribution in [0.5, 0.6) is 0 Å². The van der Waals surface area contributed by atoms with E-state index in [1.54, 1.807) is 18.2 Å². The number of carbonyl (C=O) groups excluding carboxylic acids is 2. The van der Waals surface area contributed by atoms with Crippen LogP contribution in [0.4, 0.5) is 11.4 Å². The van der Waals surface area contributed by atoms with Crippen LogP contribution in [0.3, 0.4) is 0 Å². The highest BCUT2D eigenvalue weighted by Gasteiger charge is 2.38. The monoisotopic (exact) mass is 572 g/mol. The van der Waals surface area contributed by atoms with E-state index in [1.165, 1.54) is 6.08 Å². The number of allylic oxidation sites excluding steroid dienone is 1. The average Bonchev–Trinajstić information content (AvgIpc) is 3.03. The molecule has 0 saturated carbocycles. The third kappa shape index (κ3) is 5.43. The fourth-order valence-electron chi connectivity index (χ4n) is 4.48. The van der Waals surface area contributed by atoms with E-state index in [0.717, 1.165) is 34.6 Å². The summed E-state index contributed by atoms with van der Waals surface area (Å²) in [6.07, 6.45) is 1.46. The van der Waals surface area contributed by atoms with Crippen molar-refractivity contribution < 1.29 is 22.7 Å². The SMILES string of the molecule is Cc1cccc(NS(=O)(=O)c2cc(C(=O)OCC(=O)C=C3N(C)c4ccccc4C3(C)C)c(Cl)cc2Cl)c1. The molecule has 0 aliphatic carbocycles. The molecule has 0 radical (unpaired) electrons. The first kappa shape index (κ1) is 27.7. The van der Waals surface area contributed by atoms with Crippen LogP contribution in [-0.2, 0) is 25.0 Å². The van der Waals surface area contributed by atoms with Gasteiger partial charge in [0, 0.05) is 35.6 Å². The predicted molar refractivity (Wildman–Crippen MR) is 150 cm³/mol. The van der Waals surface area contributed by atoms with Crippen molar-refractivity contribution in [2.45, 2.75) is 31.1 Å². The maximum atomic E-state index is 13.0. The number of esters is 1. The first-order valence-corrected chi connectivity index (χ1v) is 13.9. The van der Waals surface area contributed by atoms with Crippen LogP contribution in [0.1, 0.15) is 35.3 Å². The fourth-order valence-corrected chi connectivity index (χ4v) is 6.38. The lowest BCUT2D eigenvalue weighted by Crippen LogP contribution is -2.25. The van der Waals surface area contributed by atoms with Gasteiger partial charge in [0.2, 0.25) is 0 Å². The zero-order valence-electron chi connectivity index (χ0n) is 21.2. The quantitative estimate of drug-likeness (QED) is 0.270. The Balaban J connectivity index is 1.52. The molecule has 0 saturated heterocycles. The van der Waals surface area contributed by atoms with Gasteiger partial charge in [-0.2, -0.15) is 0 Å². The van der Waals surface area contributed by atoms with Gasteiger partial charge in [-0.15, -0.1) is 0 Å². The third-order valence-electron chi connectivity index (χ3n) is 6.38. The number of anilines is 2. The molecular weight excluding hydrogens is 547 g/mol. The Labute approximate surface area is 232 Å². The van der Waals surface area contributed by atoms with Gasteiger partial charge >= 0.3 is 5.97 Å². The highest BCUT2D eigenvalue weighted by Crippen LogP contribution is 2.46. The molecule has 0 spiro atoms. The Bertz CT molecular complexity index is 1580. The number of ketones is 1. The third-order valence-corrected chi connectivity index (χ3v) is 8.54. The van der Waals surface area contributed by atoms with E-state index in [2.05, 4.69) is 4.72 Å². The van der Waals surface area contributed by atoms with Crippen molar-refractivity contribution in [2.24, 2.45) is 0 Å². The first-order chi connectivity index (χ1) is 17.8. The van der Waals surface area contributed by atoms with Crippen LogP contribution < -0.4 is 9.62 Å². The number of benzene rings is 3. The molecule has 1 aliphatic rings. The number of likely N-dealkylation sites (N-methyl/N-ethyl adjacent to an activating group) is 1. The number of hydrogen-bond acceptors (Lipinski definition) is 6. The molecule has 3 aromatic rings. The number of sulfonamides is 1. The Morgan fingerprint density at radius 1 is 1.03 bits per heavy atom. The molecule has 4 rings (SSSR count). The Morgan fingerprint density at radius 2 is 1.74 bits per heavy atom. The molecule has 0 bridgehead atoms. The summed E-state index contributed by atoms with van der Waals surface area (Å²) in [4.78, 5) is 27.2. The summed E-state index contributed by atoms with van der Waals surface area (Å²) in [5.74, 6) is -1.38. The van der Waals surface area contributed by atoms with Crippen molar-refractivity contribution in [3.63, 3.8) is 0 Å². The molecule has 0 aromatic heterocycles. The summed E-state index contributed by atoms with van der Waals surface area (Å²) in [7, 11) is -2.28. The second-order valence-electron chi connectivity index (χ2n) is 9.51. The number of nitrogens with one attached hydrogen (secondary N) is 1. The van der Waals surface area contributed by atoms with E-state index in [1.807, 2.05) is 63.1 Å². The largest absolute Gasteiger partial charge is 0.454 e. The maximum Gasteiger partial charge on any atom is 0.340 e. The number of aryl methyl sites for hydroxylation is 1. The van der Waals surface area contributed by atoms with Gasteiger partial charge in [0.1, 0.15) is 4.90 Å². The zero-order valence-corrected chi connectivity index (χ0v) is 23.5. The topological polar surface area (TPSA) is 92.8 Å². The van der Waals surface area contributed by atoms with Crippen molar-refractivity contribution in [2.75, 3.05) is 23.3 Å². The maximum absolute atomic E-state index is 13.0. The predicted octanol–water partition coefficient (Wildman–Crippen LogP) is 6.14. The lowest BCUT2D eigenvalue weighted by molar-refractivity contribution is -0.117. The van der Waals surface area contributed by atoms with Crippen LogP contribution in [0.25, 0.3) is 0 Å². The molecule has 0 amide bonds. The van der Waals surface area contributed by atoms with E-state index >= 15 is 0 Å². The summed E-state index contributed by atoms with van der Waals surface area (Å²) >= 11 is 12.4. The van der Waals surface area contributed by atoms with Crippen molar-refractivity contribution in [1.29, 1.82) is 0 Å². The number of hydrogen-bond donors (Lipinski definition) is 1. The van der Waals surface area contributed by atoms with Gasteiger partial charge in [-0.1, -0.05) is 67.4 Å². The van der Waals surface area contributed by atoms with E-state index in [-0.39, 0.29) is 20.5 Å². The van der Waals surface area contributed by atoms with Crippen LogP contribution in [0.15, 0.2) is 77.3 Å². The first-order valence-electron chi connectivity index (χ1n) is 11.6. The molecular formula is C28H26Cl2N2O5S. The molecule has 7 nitrogen and oxygen atoms in total. The summed E-state index contributed by atoms with van der Waals surface area (Å²) in [5, 5.41) is -0.272. The summed E-state index contributed by atoms with van der Waals surface area (Å²) in [6.45, 7) is 5.30. The molecule has 0 unspecified atom stereocenters. The van der Waals surface area contributed by atoms with Gasteiger partial charge in [0.05, 0.1) is 15.6 Å². The second kappa shape index (κ2) is 10.4. The molecule has 0 fully saturated rings. The standard InChI is InChI=1S/C28H26Cl2N2O5S/c1-17-8-7-9-18(12-17)31-38(35,36)25-14-20(22(29)15-23(25)30)27(34)37-16-19(33)13-26-28(2,3)21-10-5-6-11-24(21)32(26)4/h5-15,31H,16H2,1-4H3. The number of carbonyl (C=O) groups is 2. The Hall–Kier alpha value is -3.33. The summed E-state index contributed by atoms with van der Waals surface area (Å²) in [5.41, 5.74) is 3.38. The van der Waals surface area contributed by atoms with Crippen LogP contribution >= 0.6 is 23.2 Å². The minimum atomic E-state index is -4.16. The Kier molecular flexibility index (Phi) is 7.61. The van der Waals surface area contributed by atoms with Gasteiger partial charge in [-0.05, 0) is 48.4 Å². The van der Waals surface area contributed by atoms with Gasteiger partial charge < -0.3 is 9.64 Å². The highest BCUT2D eigenvalue weighted by molar-refractivity contribution is 7.92. The lowest BCUT2D eigenvalue weighted by Gasteiger charge is -2.23. The summed E-state index contributed by atoms with van der Waals surface area (Å²) in [6, 6.07) is 16.8. The molecule has 0 atom stereocenters. The van der Waals surface area contributed by atoms with E-state index in [0.29, 0.717) is 5.69 Å². The van der Waals surface area contributed by atoms with Crippen molar-refractivity contribution >= 4 is 56.4 Å². The van der Waals surface area contributed by atoms with Crippen LogP contribution in [-0.4, -0.2) is 33.8 Å². The minimum absolute atomic E-state index is 0.104. The highest BCUT2D eigenvalue weighted by atomic mass is 35.5. The average molecular weight is 573 g/mol. The van der Waals surface area contributed by atoms with Crippen molar-refractivity contribution in [3.8, 4) is 0 Å². The Morgan fingerprint density at radius 3 is 2.42 bits per heavy atom. The van der Waals surface area contributed by atoms with Gasteiger partial charge in [0.15, 0.2) is 12.4 Å². The molecule has 198 valence electrons. The number of nitrogens with zero attached hydrogens (tertiary/aromatic N) is 1. The van der Waals surface area contributed by atoms with E-state index in [9.17, 15) is 18.0 Å². The second-order valence-corrected chi connectivity index (χ2v) is 12.0. The minimum Gasteiger partial charge on any atom is -0.454 e. The van der Waals surface area contributed by atoms with Crippen molar-refractivity contribution in [1.82, 2.24) is 0 Å². The smallest absolute Gasteiger partial charge is 0.340 e. The van der Waals surface area contributed by atoms with Gasteiger partial charge in [-0.3, -0.25) is 9.52 Å². The number of halogens is 2. The molecule has 1 N–H and O–H groups in total. The number of para-hydroxylation sites is 1. The molecule has 38 heavy (non-hydrogen) atoms. The van der Waals surface area contributed by atoms with Gasteiger partial charge in [-0.25, -0.2) is 13.2 Å². The normalized spacial score (nSPS) is 15.3. The molecule has 1 aliphatic heterocycles. The number of rotatable bonds is 7. The lowest BCUT2D eigenvalue weighted by atomic mass is 9.83. The number of ether oxygens (including phenoxy) is 1. The molecule has 3 aromatic carbocycles.